The van der Waals surface area contributed by atoms with Crippen molar-refractivity contribution >= 4 is 21.6 Å². The highest BCUT2D eigenvalue weighted by Gasteiger charge is 2.14. The Morgan fingerprint density at radius 3 is 2.68 bits per heavy atom. The van der Waals surface area contributed by atoms with Gasteiger partial charge in [0.1, 0.15) is 6.61 Å². The first kappa shape index (κ1) is 15.4. The lowest BCUT2D eigenvalue weighted by molar-refractivity contribution is -0.122. The molecule has 0 aliphatic heterocycles. The Morgan fingerprint density at radius 2 is 2.11 bits per heavy atom. The van der Waals surface area contributed by atoms with E-state index < -0.39 is 15.9 Å². The lowest BCUT2D eigenvalue weighted by Crippen LogP contribution is -2.29. The van der Waals surface area contributed by atoms with Crippen LogP contribution in [-0.4, -0.2) is 34.1 Å². The number of hydrogen-bond donors (Lipinski definition) is 3. The largest absolute Gasteiger partial charge is 0.398 e. The fourth-order valence-corrected chi connectivity index (χ4v) is 2.34. The Balaban J connectivity index is 2.56. The molecule has 1 aromatic rings. The van der Waals surface area contributed by atoms with Gasteiger partial charge in [-0.25, -0.2) is 13.1 Å². The Labute approximate surface area is 112 Å². The Bertz CT molecular complexity index is 557. The molecule has 0 saturated carbocycles. The van der Waals surface area contributed by atoms with Crippen molar-refractivity contribution in [1.82, 2.24) is 4.72 Å². The van der Waals surface area contributed by atoms with Crippen LogP contribution in [0.5, 0.6) is 0 Å². The summed E-state index contributed by atoms with van der Waals surface area (Å²) in [5, 5.41) is 0. The molecule has 0 radical (unpaired) electrons. The van der Waals surface area contributed by atoms with E-state index in [0.717, 1.165) is 5.56 Å². The lowest BCUT2D eigenvalue weighted by Gasteiger charge is -2.08. The van der Waals surface area contributed by atoms with Gasteiger partial charge in [0.2, 0.25) is 15.9 Å². The summed E-state index contributed by atoms with van der Waals surface area (Å²) in [6, 6.07) is 4.49. The molecule has 0 unspecified atom stereocenters. The first-order valence-electron chi connectivity index (χ1n) is 5.55. The van der Waals surface area contributed by atoms with Gasteiger partial charge in [-0.15, -0.1) is 0 Å². The first-order valence-corrected chi connectivity index (χ1v) is 7.03. The minimum absolute atomic E-state index is 0.0450. The predicted octanol–water partition coefficient (Wildman–Crippen LogP) is -0.643. The quantitative estimate of drug-likeness (QED) is 0.454. The van der Waals surface area contributed by atoms with E-state index in [0.29, 0.717) is 5.69 Å². The standard InChI is InChI=1S/C11H17N3O4S/c1-8-2-3-9(6-10(8)12)19(16,17)14-4-5-18-7-11(13)15/h2-3,6,14H,4-5,7,12H2,1H3,(H2,13,15). The van der Waals surface area contributed by atoms with Crippen molar-refractivity contribution in [3.05, 3.63) is 23.8 Å². The minimum Gasteiger partial charge on any atom is -0.398 e. The maximum Gasteiger partial charge on any atom is 0.243 e. The molecule has 1 rings (SSSR count). The summed E-state index contributed by atoms with van der Waals surface area (Å²) < 4.78 is 30.9. The molecule has 0 fully saturated rings. The molecule has 8 heteroatoms. The van der Waals surface area contributed by atoms with Crippen LogP contribution in [0, 0.1) is 6.92 Å². The van der Waals surface area contributed by atoms with E-state index in [-0.39, 0.29) is 24.7 Å². The number of benzene rings is 1. The second-order valence-corrected chi connectivity index (χ2v) is 5.70. The summed E-state index contributed by atoms with van der Waals surface area (Å²) in [6.45, 7) is 1.66. The molecule has 0 atom stereocenters. The molecular formula is C11H17N3O4S. The molecule has 7 nitrogen and oxygen atoms in total. The summed E-state index contributed by atoms with van der Waals surface area (Å²) in [6.07, 6.45) is 0. The first-order chi connectivity index (χ1) is 8.83. The van der Waals surface area contributed by atoms with Crippen molar-refractivity contribution in [1.29, 1.82) is 0 Å². The van der Waals surface area contributed by atoms with Crippen molar-refractivity contribution in [2.24, 2.45) is 5.73 Å². The molecule has 1 aromatic carbocycles. The number of nitrogen functional groups attached to an aromatic ring is 1. The van der Waals surface area contributed by atoms with Crippen LogP contribution >= 0.6 is 0 Å². The maximum atomic E-state index is 11.9. The molecule has 0 aliphatic carbocycles. The van der Waals surface area contributed by atoms with Crippen LogP contribution in [0.25, 0.3) is 0 Å². The summed E-state index contributed by atoms with van der Waals surface area (Å²) in [7, 11) is -3.63. The fraction of sp³-hybridized carbons (Fsp3) is 0.364. The number of hydrogen-bond acceptors (Lipinski definition) is 5. The summed E-state index contributed by atoms with van der Waals surface area (Å²) >= 11 is 0. The highest BCUT2D eigenvalue weighted by Crippen LogP contribution is 2.16. The lowest BCUT2D eigenvalue weighted by atomic mass is 10.2. The van der Waals surface area contributed by atoms with Crippen LogP contribution in [0.2, 0.25) is 0 Å². The second-order valence-electron chi connectivity index (χ2n) is 3.94. The van der Waals surface area contributed by atoms with Gasteiger partial charge in [-0.05, 0) is 24.6 Å². The van der Waals surface area contributed by atoms with Crippen LogP contribution in [0.3, 0.4) is 0 Å². The van der Waals surface area contributed by atoms with E-state index in [1.54, 1.807) is 13.0 Å². The number of nitrogens with two attached hydrogens (primary N) is 2. The molecule has 1 amide bonds. The minimum atomic E-state index is -3.63. The van der Waals surface area contributed by atoms with Gasteiger partial charge in [0, 0.05) is 12.2 Å². The van der Waals surface area contributed by atoms with E-state index >= 15 is 0 Å². The van der Waals surface area contributed by atoms with E-state index in [1.165, 1.54) is 12.1 Å². The topological polar surface area (TPSA) is 125 Å². The SMILES string of the molecule is Cc1ccc(S(=O)(=O)NCCOCC(N)=O)cc1N. The molecule has 5 N–H and O–H groups in total. The zero-order valence-corrected chi connectivity index (χ0v) is 11.4. The van der Waals surface area contributed by atoms with Gasteiger partial charge in [-0.2, -0.15) is 0 Å². The van der Waals surface area contributed by atoms with Gasteiger partial charge < -0.3 is 16.2 Å². The molecular weight excluding hydrogens is 270 g/mol. The molecule has 106 valence electrons. The number of nitrogens with one attached hydrogen (secondary N) is 1. The summed E-state index contributed by atoms with van der Waals surface area (Å²) in [4.78, 5) is 10.5. The van der Waals surface area contributed by atoms with Crippen LogP contribution in [0.15, 0.2) is 23.1 Å². The zero-order valence-electron chi connectivity index (χ0n) is 10.5. The van der Waals surface area contributed by atoms with Crippen LogP contribution in [-0.2, 0) is 19.6 Å². The smallest absolute Gasteiger partial charge is 0.243 e. The number of carbonyl (C=O) groups excluding carboxylic acids is 1. The molecule has 0 saturated heterocycles. The number of amides is 1. The van der Waals surface area contributed by atoms with Crippen LogP contribution < -0.4 is 16.2 Å². The van der Waals surface area contributed by atoms with E-state index in [2.05, 4.69) is 4.72 Å². The maximum absolute atomic E-state index is 11.9. The second kappa shape index (κ2) is 6.50. The third-order valence-electron chi connectivity index (χ3n) is 2.34. The highest BCUT2D eigenvalue weighted by molar-refractivity contribution is 7.89. The molecule has 0 aliphatic rings. The van der Waals surface area contributed by atoms with Crippen molar-refractivity contribution < 1.29 is 17.9 Å². The number of anilines is 1. The number of carbonyl (C=O) groups is 1. The normalized spacial score (nSPS) is 11.4. The molecule has 0 aromatic heterocycles. The molecule has 0 spiro atoms. The number of primary amides is 1. The van der Waals surface area contributed by atoms with Crippen molar-refractivity contribution in [2.75, 3.05) is 25.5 Å². The average molecular weight is 287 g/mol. The number of aryl methyl sites for hydroxylation is 1. The van der Waals surface area contributed by atoms with Crippen LogP contribution in [0.4, 0.5) is 5.69 Å². The van der Waals surface area contributed by atoms with Gasteiger partial charge in [-0.1, -0.05) is 6.07 Å². The molecule has 19 heavy (non-hydrogen) atoms. The third-order valence-corrected chi connectivity index (χ3v) is 3.80. The van der Waals surface area contributed by atoms with Gasteiger partial charge in [0.25, 0.3) is 0 Å². The highest BCUT2D eigenvalue weighted by atomic mass is 32.2. The zero-order chi connectivity index (χ0) is 14.5. The van der Waals surface area contributed by atoms with Gasteiger partial charge in [-0.3, -0.25) is 4.79 Å². The van der Waals surface area contributed by atoms with Crippen molar-refractivity contribution in [3.63, 3.8) is 0 Å². The predicted molar refractivity (Wildman–Crippen MR) is 70.8 cm³/mol. The van der Waals surface area contributed by atoms with E-state index in [4.69, 9.17) is 16.2 Å². The van der Waals surface area contributed by atoms with Crippen LogP contribution in [0.1, 0.15) is 5.56 Å². The van der Waals surface area contributed by atoms with Gasteiger partial charge >= 0.3 is 0 Å². The van der Waals surface area contributed by atoms with E-state index in [9.17, 15) is 13.2 Å². The molecule has 0 heterocycles. The Morgan fingerprint density at radius 1 is 1.42 bits per heavy atom. The van der Waals surface area contributed by atoms with Gasteiger partial charge in [0.05, 0.1) is 11.5 Å². The Kier molecular flexibility index (Phi) is 5.28. The fourth-order valence-electron chi connectivity index (χ4n) is 1.29. The monoisotopic (exact) mass is 287 g/mol. The number of rotatable bonds is 7. The molecule has 0 bridgehead atoms. The third kappa shape index (κ3) is 4.86. The summed E-state index contributed by atoms with van der Waals surface area (Å²) in [5.41, 5.74) is 11.7. The van der Waals surface area contributed by atoms with E-state index in [1.807, 2.05) is 0 Å². The Hall–Kier alpha value is -1.64. The average Bonchev–Trinajstić information content (AvgIpc) is 2.31. The van der Waals surface area contributed by atoms with Crippen molar-refractivity contribution in [3.8, 4) is 0 Å². The number of ether oxygens (including phenoxy) is 1. The number of sulfonamides is 1. The van der Waals surface area contributed by atoms with Gasteiger partial charge in [0.15, 0.2) is 0 Å². The summed E-state index contributed by atoms with van der Waals surface area (Å²) in [5.74, 6) is -0.603. The van der Waals surface area contributed by atoms with Crippen molar-refractivity contribution in [2.45, 2.75) is 11.8 Å².